The molecule has 0 saturated heterocycles. The fraction of sp³-hybridized carbons (Fsp3) is 0.571. The quantitative estimate of drug-likeness (QED) is 0.670. The Morgan fingerprint density at radius 3 is 2.68 bits per heavy atom. The number of nitro groups is 1. The third-order valence-corrected chi connectivity index (χ3v) is 4.18. The largest absolute Gasteiger partial charge is 0.489 e. The summed E-state index contributed by atoms with van der Waals surface area (Å²) in [6.07, 6.45) is 1.01. The van der Waals surface area contributed by atoms with Crippen molar-refractivity contribution in [1.82, 2.24) is 5.32 Å². The number of ether oxygens (including phenoxy) is 1. The van der Waals surface area contributed by atoms with E-state index in [0.717, 1.165) is 12.0 Å². The lowest BCUT2D eigenvalue weighted by Gasteiger charge is -2.51. The molecule has 0 spiro atoms. The Balaban J connectivity index is 2.16. The van der Waals surface area contributed by atoms with Crippen molar-refractivity contribution in [1.29, 1.82) is 0 Å². The lowest BCUT2D eigenvalue weighted by Crippen LogP contribution is -2.61. The first-order chi connectivity index (χ1) is 8.86. The second kappa shape index (κ2) is 4.81. The average Bonchev–Trinajstić information content (AvgIpc) is 2.35. The van der Waals surface area contributed by atoms with Gasteiger partial charge in [0.05, 0.1) is 11.0 Å². The second-order valence-corrected chi connectivity index (χ2v) is 5.71. The molecule has 2 atom stereocenters. The van der Waals surface area contributed by atoms with Crippen LogP contribution in [0, 0.1) is 22.5 Å². The van der Waals surface area contributed by atoms with E-state index in [4.69, 9.17) is 4.74 Å². The van der Waals surface area contributed by atoms with Crippen LogP contribution in [0.4, 0.5) is 5.69 Å². The van der Waals surface area contributed by atoms with Crippen LogP contribution in [-0.2, 0) is 0 Å². The summed E-state index contributed by atoms with van der Waals surface area (Å²) in [4.78, 5) is 10.4. The molecule has 0 bridgehead atoms. The second-order valence-electron chi connectivity index (χ2n) is 5.71. The zero-order valence-electron chi connectivity index (χ0n) is 11.8. The van der Waals surface area contributed by atoms with Gasteiger partial charge < -0.3 is 10.1 Å². The van der Waals surface area contributed by atoms with Crippen LogP contribution in [0.1, 0.15) is 25.8 Å². The molecule has 0 aliphatic heterocycles. The molecule has 1 N–H and O–H groups in total. The summed E-state index contributed by atoms with van der Waals surface area (Å²) < 4.78 is 5.97. The number of non-ortho nitro benzene ring substituents is 1. The van der Waals surface area contributed by atoms with E-state index in [9.17, 15) is 10.1 Å². The minimum Gasteiger partial charge on any atom is -0.489 e. The van der Waals surface area contributed by atoms with Gasteiger partial charge in [-0.15, -0.1) is 0 Å². The minimum atomic E-state index is -0.394. The molecule has 104 valence electrons. The zero-order chi connectivity index (χ0) is 14.2. The van der Waals surface area contributed by atoms with Gasteiger partial charge in [-0.1, -0.05) is 13.8 Å². The van der Waals surface area contributed by atoms with E-state index in [2.05, 4.69) is 19.2 Å². The Morgan fingerprint density at radius 1 is 1.47 bits per heavy atom. The molecule has 1 fully saturated rings. The molecule has 1 aliphatic rings. The van der Waals surface area contributed by atoms with Crippen LogP contribution < -0.4 is 10.1 Å². The summed E-state index contributed by atoms with van der Waals surface area (Å²) in [7, 11) is 1.95. The van der Waals surface area contributed by atoms with Crippen LogP contribution in [-0.4, -0.2) is 24.1 Å². The van der Waals surface area contributed by atoms with Crippen LogP contribution in [0.2, 0.25) is 0 Å². The highest BCUT2D eigenvalue weighted by Gasteiger charge is 2.49. The van der Waals surface area contributed by atoms with Gasteiger partial charge in [-0.05, 0) is 25.6 Å². The Morgan fingerprint density at radius 2 is 2.16 bits per heavy atom. The van der Waals surface area contributed by atoms with Crippen molar-refractivity contribution in [3.8, 4) is 5.75 Å². The molecule has 0 radical (unpaired) electrons. The van der Waals surface area contributed by atoms with Crippen LogP contribution in [0.5, 0.6) is 5.75 Å². The summed E-state index contributed by atoms with van der Waals surface area (Å²) in [5.74, 6) is 0.613. The number of benzene rings is 1. The topological polar surface area (TPSA) is 64.4 Å². The van der Waals surface area contributed by atoms with Gasteiger partial charge in [-0.25, -0.2) is 0 Å². The maximum absolute atomic E-state index is 10.8. The van der Waals surface area contributed by atoms with Gasteiger partial charge >= 0.3 is 0 Å². The first-order valence-electron chi connectivity index (χ1n) is 6.45. The summed E-state index contributed by atoms with van der Waals surface area (Å²) in [5, 5.41) is 14.1. The minimum absolute atomic E-state index is 0.0335. The smallest absolute Gasteiger partial charge is 0.273 e. The third-order valence-electron chi connectivity index (χ3n) is 4.18. The lowest BCUT2D eigenvalue weighted by atomic mass is 9.64. The van der Waals surface area contributed by atoms with Crippen LogP contribution in [0.3, 0.4) is 0 Å². The van der Waals surface area contributed by atoms with E-state index < -0.39 is 4.92 Å². The monoisotopic (exact) mass is 264 g/mol. The number of nitrogens with one attached hydrogen (secondary N) is 1. The zero-order valence-corrected chi connectivity index (χ0v) is 11.8. The summed E-state index contributed by atoms with van der Waals surface area (Å²) >= 11 is 0. The molecule has 0 heterocycles. The van der Waals surface area contributed by atoms with Crippen molar-refractivity contribution in [2.45, 2.75) is 39.3 Å². The Kier molecular flexibility index (Phi) is 3.49. The maximum Gasteiger partial charge on any atom is 0.273 e. The van der Waals surface area contributed by atoms with Gasteiger partial charge in [0.25, 0.3) is 5.69 Å². The van der Waals surface area contributed by atoms with Crippen molar-refractivity contribution in [2.24, 2.45) is 5.41 Å². The number of aryl methyl sites for hydroxylation is 1. The van der Waals surface area contributed by atoms with Crippen molar-refractivity contribution in [3.05, 3.63) is 33.9 Å². The normalized spacial score (nSPS) is 24.6. The fourth-order valence-corrected chi connectivity index (χ4v) is 2.56. The van der Waals surface area contributed by atoms with Gasteiger partial charge in [0.2, 0.25) is 0 Å². The number of rotatable bonds is 4. The molecule has 1 aromatic carbocycles. The molecule has 0 aromatic heterocycles. The Labute approximate surface area is 113 Å². The van der Waals surface area contributed by atoms with Crippen molar-refractivity contribution < 1.29 is 9.66 Å². The van der Waals surface area contributed by atoms with E-state index in [0.29, 0.717) is 11.8 Å². The van der Waals surface area contributed by atoms with Gasteiger partial charge in [-0.2, -0.15) is 0 Å². The fourth-order valence-electron chi connectivity index (χ4n) is 2.56. The molecule has 1 aliphatic carbocycles. The number of hydrogen-bond acceptors (Lipinski definition) is 4. The number of nitrogens with zero attached hydrogens (tertiary/aromatic N) is 1. The van der Waals surface area contributed by atoms with Crippen LogP contribution in [0.15, 0.2) is 18.2 Å². The third kappa shape index (κ3) is 2.42. The molecular weight excluding hydrogens is 244 g/mol. The summed E-state index contributed by atoms with van der Waals surface area (Å²) in [5.41, 5.74) is 1.03. The molecule has 19 heavy (non-hydrogen) atoms. The van der Waals surface area contributed by atoms with Gasteiger partial charge in [0.15, 0.2) is 0 Å². The molecule has 2 rings (SSSR count). The molecule has 2 unspecified atom stereocenters. The van der Waals surface area contributed by atoms with E-state index >= 15 is 0 Å². The van der Waals surface area contributed by atoms with Crippen LogP contribution >= 0.6 is 0 Å². The highest BCUT2D eigenvalue weighted by atomic mass is 16.6. The van der Waals surface area contributed by atoms with E-state index in [1.807, 2.05) is 14.0 Å². The van der Waals surface area contributed by atoms with Gasteiger partial charge in [-0.3, -0.25) is 10.1 Å². The molecule has 5 heteroatoms. The number of hydrogen-bond donors (Lipinski definition) is 1. The SMILES string of the molecule is CNC1CC(Oc2cc([N+](=O)[O-])ccc2C)C1(C)C. The van der Waals surface area contributed by atoms with Gasteiger partial charge in [0.1, 0.15) is 11.9 Å². The van der Waals surface area contributed by atoms with E-state index in [1.54, 1.807) is 6.07 Å². The van der Waals surface area contributed by atoms with Crippen molar-refractivity contribution in [3.63, 3.8) is 0 Å². The first-order valence-corrected chi connectivity index (χ1v) is 6.45. The molecule has 0 amide bonds. The van der Waals surface area contributed by atoms with Crippen molar-refractivity contribution >= 4 is 5.69 Å². The Bertz CT molecular complexity index is 499. The number of nitro benzene ring substituents is 1. The molecule has 5 nitrogen and oxygen atoms in total. The molecule has 1 aromatic rings. The molecule has 1 saturated carbocycles. The van der Waals surface area contributed by atoms with Gasteiger partial charge in [0, 0.05) is 23.9 Å². The Hall–Kier alpha value is -1.62. The highest BCUT2D eigenvalue weighted by Crippen LogP contribution is 2.43. The summed E-state index contributed by atoms with van der Waals surface area (Å²) in [6, 6.07) is 5.17. The predicted octanol–water partition coefficient (Wildman–Crippen LogP) is 2.67. The molecular formula is C14H20N2O3. The maximum atomic E-state index is 10.8. The van der Waals surface area contributed by atoms with E-state index in [1.165, 1.54) is 12.1 Å². The standard InChI is InChI=1S/C14H20N2O3/c1-9-5-6-10(16(17)18)7-11(9)19-13-8-12(15-4)14(13,2)3/h5-7,12-13,15H,8H2,1-4H3. The highest BCUT2D eigenvalue weighted by molar-refractivity contribution is 5.44. The average molecular weight is 264 g/mol. The summed E-state index contributed by atoms with van der Waals surface area (Å²) in [6.45, 7) is 6.20. The lowest BCUT2D eigenvalue weighted by molar-refractivity contribution is -0.385. The predicted molar refractivity (Wildman–Crippen MR) is 73.5 cm³/mol. The van der Waals surface area contributed by atoms with Crippen molar-refractivity contribution in [2.75, 3.05) is 7.05 Å². The van der Waals surface area contributed by atoms with E-state index in [-0.39, 0.29) is 17.2 Å². The van der Waals surface area contributed by atoms with Crippen LogP contribution in [0.25, 0.3) is 0 Å². The first kappa shape index (κ1) is 13.8.